The van der Waals surface area contributed by atoms with E-state index in [0.29, 0.717) is 11.5 Å². The predicted octanol–water partition coefficient (Wildman–Crippen LogP) is 3.30. The number of nitrogens with one attached hydrogen (secondary N) is 1. The second kappa shape index (κ2) is 6.39. The van der Waals surface area contributed by atoms with Gasteiger partial charge in [-0.25, -0.2) is 0 Å². The smallest absolute Gasteiger partial charge is 0.244 e. The highest BCUT2D eigenvalue weighted by Gasteiger charge is 2.34. The molecule has 3 N–H and O–H groups in total. The summed E-state index contributed by atoms with van der Waals surface area (Å²) in [4.78, 5) is 1.18. The van der Waals surface area contributed by atoms with Gasteiger partial charge in [-0.05, 0) is 30.4 Å². The van der Waals surface area contributed by atoms with Gasteiger partial charge >= 0.3 is 0 Å². The maximum Gasteiger partial charge on any atom is 0.244 e. The molecule has 0 amide bonds. The van der Waals surface area contributed by atoms with E-state index in [1.54, 1.807) is 11.8 Å². The number of fused-ring (bicyclic) bond motifs is 1. The van der Waals surface area contributed by atoms with Crippen molar-refractivity contribution in [2.75, 3.05) is 6.26 Å². The summed E-state index contributed by atoms with van der Waals surface area (Å²) in [6.07, 6.45) is 3.87. The average molecular weight is 326 g/mol. The van der Waals surface area contributed by atoms with Crippen LogP contribution in [0.3, 0.4) is 0 Å². The van der Waals surface area contributed by atoms with Crippen molar-refractivity contribution in [1.82, 2.24) is 10.2 Å². The van der Waals surface area contributed by atoms with Gasteiger partial charge in [-0.2, -0.15) is 5.26 Å². The minimum Gasteiger partial charge on any atom is -0.420 e. The number of rotatable bonds is 4. The second-order valence-electron chi connectivity index (χ2n) is 5.37. The number of aromatic amines is 1. The number of hydrogen-bond donors (Lipinski definition) is 2. The van der Waals surface area contributed by atoms with Crippen LogP contribution in [0.4, 0.5) is 0 Å². The fourth-order valence-corrected chi connectivity index (χ4v) is 3.29. The number of nitrogens with zero attached hydrogens (tertiary/aromatic N) is 2. The van der Waals surface area contributed by atoms with Crippen molar-refractivity contribution in [2.24, 2.45) is 5.73 Å². The van der Waals surface area contributed by atoms with Gasteiger partial charge in [0.1, 0.15) is 11.6 Å². The Morgan fingerprint density at radius 3 is 2.74 bits per heavy atom. The number of H-pyrrole nitrogens is 1. The molecule has 23 heavy (non-hydrogen) atoms. The van der Waals surface area contributed by atoms with Crippen LogP contribution >= 0.6 is 11.8 Å². The molecule has 0 spiro atoms. The Labute approximate surface area is 139 Å². The number of nitriles is 1. The minimum absolute atomic E-state index is 0.133. The molecule has 1 aromatic carbocycles. The van der Waals surface area contributed by atoms with Crippen LogP contribution in [0.5, 0.6) is 5.88 Å². The average Bonchev–Trinajstić information content (AvgIpc) is 2.96. The molecule has 2 aromatic rings. The van der Waals surface area contributed by atoms with Crippen molar-refractivity contribution in [3.8, 4) is 11.9 Å². The predicted molar refractivity (Wildman–Crippen MR) is 90.1 cm³/mol. The monoisotopic (exact) mass is 326 g/mol. The number of allylic oxidation sites excluding steroid dienone is 1. The number of thioether (sulfide) groups is 1. The first-order valence-corrected chi connectivity index (χ1v) is 8.70. The lowest BCUT2D eigenvalue weighted by Gasteiger charge is -2.24. The third-order valence-electron chi connectivity index (χ3n) is 3.97. The van der Waals surface area contributed by atoms with E-state index in [2.05, 4.69) is 35.3 Å². The first-order valence-electron chi connectivity index (χ1n) is 7.48. The molecule has 1 aromatic heterocycles. The quantitative estimate of drug-likeness (QED) is 0.842. The number of ether oxygens (including phenoxy) is 1. The third kappa shape index (κ3) is 2.68. The van der Waals surface area contributed by atoms with E-state index in [1.807, 2.05) is 18.4 Å². The Morgan fingerprint density at radius 2 is 2.13 bits per heavy atom. The highest BCUT2D eigenvalue weighted by atomic mass is 32.2. The van der Waals surface area contributed by atoms with E-state index < -0.39 is 0 Å². The van der Waals surface area contributed by atoms with Crippen LogP contribution in [0.25, 0.3) is 0 Å². The van der Waals surface area contributed by atoms with Crippen molar-refractivity contribution in [3.05, 3.63) is 52.5 Å². The van der Waals surface area contributed by atoms with E-state index >= 15 is 0 Å². The van der Waals surface area contributed by atoms with Crippen molar-refractivity contribution in [2.45, 2.75) is 30.6 Å². The maximum absolute atomic E-state index is 9.58. The van der Waals surface area contributed by atoms with Crippen molar-refractivity contribution >= 4 is 11.8 Å². The molecule has 5 nitrogen and oxygen atoms in total. The summed E-state index contributed by atoms with van der Waals surface area (Å²) < 4.78 is 5.55. The lowest BCUT2D eigenvalue weighted by atomic mass is 9.83. The molecule has 6 heteroatoms. The van der Waals surface area contributed by atoms with Crippen LogP contribution < -0.4 is 10.5 Å². The highest BCUT2D eigenvalue weighted by molar-refractivity contribution is 7.98. The van der Waals surface area contributed by atoms with E-state index in [-0.39, 0.29) is 11.8 Å². The first kappa shape index (κ1) is 15.5. The lowest BCUT2D eigenvalue weighted by Crippen LogP contribution is -2.21. The van der Waals surface area contributed by atoms with Gasteiger partial charge in [0.2, 0.25) is 11.8 Å². The lowest BCUT2D eigenvalue weighted by molar-refractivity contribution is 0.378. The molecule has 2 heterocycles. The van der Waals surface area contributed by atoms with Crippen LogP contribution in [0.2, 0.25) is 0 Å². The summed E-state index contributed by atoms with van der Waals surface area (Å²) >= 11 is 1.68. The third-order valence-corrected chi connectivity index (χ3v) is 4.71. The number of aryl methyl sites for hydroxylation is 1. The molecule has 3 rings (SSSR count). The van der Waals surface area contributed by atoms with Crippen LogP contribution in [0.15, 0.2) is 40.6 Å². The number of benzene rings is 1. The SMILES string of the molecule is CCCc1[nH]nc2c1C(c1ccc(SC)cc1)C(C#N)=C(N)O2. The molecule has 0 aliphatic carbocycles. The molecule has 0 fully saturated rings. The standard InChI is InChI=1S/C17H18N4OS/c1-3-4-13-15-14(10-5-7-11(23-2)8-6-10)12(9-18)16(19)22-17(15)21-20-13/h5-8,14H,3-4,19H2,1-2H3,(H,20,21). The van der Waals surface area contributed by atoms with E-state index in [1.165, 1.54) is 4.90 Å². The summed E-state index contributed by atoms with van der Waals surface area (Å²) in [6, 6.07) is 10.4. The molecule has 1 unspecified atom stereocenters. The van der Waals surface area contributed by atoms with E-state index in [0.717, 1.165) is 29.7 Å². The van der Waals surface area contributed by atoms with Gasteiger partial charge in [0.05, 0.1) is 5.92 Å². The zero-order valence-corrected chi connectivity index (χ0v) is 13.9. The second-order valence-corrected chi connectivity index (χ2v) is 6.25. The normalized spacial score (nSPS) is 16.7. The fourth-order valence-electron chi connectivity index (χ4n) is 2.88. The summed E-state index contributed by atoms with van der Waals surface area (Å²) in [5.74, 6) is 0.373. The van der Waals surface area contributed by atoms with Gasteiger partial charge in [-0.3, -0.25) is 5.10 Å². The molecular formula is C17H18N4OS. The molecular weight excluding hydrogens is 308 g/mol. The summed E-state index contributed by atoms with van der Waals surface area (Å²) in [5.41, 5.74) is 9.33. The van der Waals surface area contributed by atoms with Gasteiger partial charge in [-0.15, -0.1) is 16.9 Å². The van der Waals surface area contributed by atoms with Gasteiger partial charge in [0, 0.05) is 16.2 Å². The Morgan fingerprint density at radius 1 is 1.39 bits per heavy atom. The fraction of sp³-hybridized carbons (Fsp3) is 0.294. The number of hydrogen-bond acceptors (Lipinski definition) is 5. The largest absolute Gasteiger partial charge is 0.420 e. The van der Waals surface area contributed by atoms with Crippen molar-refractivity contribution < 1.29 is 4.74 Å². The minimum atomic E-state index is -0.236. The number of aromatic nitrogens is 2. The Bertz CT molecular complexity index is 786. The number of nitrogens with two attached hydrogens (primary N) is 1. The van der Waals surface area contributed by atoms with Gasteiger partial charge in [-0.1, -0.05) is 25.5 Å². The highest BCUT2D eigenvalue weighted by Crippen LogP contribution is 2.43. The Balaban J connectivity index is 2.15. The molecule has 0 saturated carbocycles. The summed E-state index contributed by atoms with van der Waals surface area (Å²) in [7, 11) is 0. The van der Waals surface area contributed by atoms with Gasteiger partial charge in [0.15, 0.2) is 0 Å². The maximum atomic E-state index is 9.58. The molecule has 1 aliphatic heterocycles. The molecule has 0 radical (unpaired) electrons. The van der Waals surface area contributed by atoms with Crippen LogP contribution in [-0.2, 0) is 6.42 Å². The van der Waals surface area contributed by atoms with Gasteiger partial charge < -0.3 is 10.5 Å². The summed E-state index contributed by atoms with van der Waals surface area (Å²) in [6.45, 7) is 2.11. The van der Waals surface area contributed by atoms with E-state index in [4.69, 9.17) is 10.5 Å². The van der Waals surface area contributed by atoms with E-state index in [9.17, 15) is 5.26 Å². The molecule has 0 bridgehead atoms. The van der Waals surface area contributed by atoms with Gasteiger partial charge in [0.25, 0.3) is 0 Å². The Kier molecular flexibility index (Phi) is 4.30. The van der Waals surface area contributed by atoms with Crippen molar-refractivity contribution in [3.63, 3.8) is 0 Å². The Hall–Kier alpha value is -2.39. The first-order chi connectivity index (χ1) is 11.2. The van der Waals surface area contributed by atoms with Crippen molar-refractivity contribution in [1.29, 1.82) is 5.26 Å². The molecule has 1 aliphatic rings. The van der Waals surface area contributed by atoms with Crippen LogP contribution in [0.1, 0.15) is 36.1 Å². The van der Waals surface area contributed by atoms with Crippen LogP contribution in [0, 0.1) is 11.3 Å². The molecule has 118 valence electrons. The molecule has 0 saturated heterocycles. The zero-order valence-electron chi connectivity index (χ0n) is 13.1. The molecule has 1 atom stereocenters. The summed E-state index contributed by atoms with van der Waals surface area (Å²) in [5, 5.41) is 16.8. The van der Waals surface area contributed by atoms with Crippen LogP contribution in [-0.4, -0.2) is 16.5 Å². The zero-order chi connectivity index (χ0) is 16.4. The topological polar surface area (TPSA) is 87.7 Å².